The lowest BCUT2D eigenvalue weighted by molar-refractivity contribution is -0.138. The molecule has 0 aromatic rings. The number of carboxylic acid groups (broad SMARTS) is 1. The molecule has 1 saturated carbocycles. The standard InChI is InChI=1S/C13H22N2O4/c1-9-3-2-4-10(6-5-9)14-13(19)15-11(16)7-8-12(17)18/h9-10H,2-8H2,1H3,(H,17,18)(H2,14,15,16,19). The van der Waals surface area contributed by atoms with Crippen LogP contribution in [0.1, 0.15) is 51.9 Å². The van der Waals surface area contributed by atoms with E-state index in [-0.39, 0.29) is 18.9 Å². The van der Waals surface area contributed by atoms with E-state index in [9.17, 15) is 14.4 Å². The van der Waals surface area contributed by atoms with E-state index < -0.39 is 17.9 Å². The number of carbonyl (C=O) groups is 3. The van der Waals surface area contributed by atoms with Crippen LogP contribution in [0.4, 0.5) is 4.79 Å². The summed E-state index contributed by atoms with van der Waals surface area (Å²) in [6.45, 7) is 2.21. The Balaban J connectivity index is 2.26. The van der Waals surface area contributed by atoms with Gasteiger partial charge in [-0.2, -0.15) is 0 Å². The predicted octanol–water partition coefficient (Wildman–Crippen LogP) is 1.65. The van der Waals surface area contributed by atoms with Gasteiger partial charge >= 0.3 is 12.0 Å². The molecule has 0 radical (unpaired) electrons. The first-order valence-electron chi connectivity index (χ1n) is 6.79. The minimum absolute atomic E-state index is 0.109. The molecule has 6 nitrogen and oxygen atoms in total. The van der Waals surface area contributed by atoms with Gasteiger partial charge in [0.25, 0.3) is 0 Å². The summed E-state index contributed by atoms with van der Waals surface area (Å²) in [6, 6.07) is -0.410. The molecule has 3 N–H and O–H groups in total. The fourth-order valence-corrected chi connectivity index (χ4v) is 2.26. The third kappa shape index (κ3) is 6.79. The Morgan fingerprint density at radius 1 is 1.11 bits per heavy atom. The quantitative estimate of drug-likeness (QED) is 0.677. The van der Waals surface area contributed by atoms with Crippen LogP contribution in [0, 0.1) is 5.92 Å². The van der Waals surface area contributed by atoms with Gasteiger partial charge in [-0.15, -0.1) is 0 Å². The van der Waals surface area contributed by atoms with Gasteiger partial charge in [0.1, 0.15) is 0 Å². The second-order valence-electron chi connectivity index (χ2n) is 5.23. The molecule has 0 aromatic carbocycles. The Bertz CT molecular complexity index is 344. The van der Waals surface area contributed by atoms with Crippen LogP contribution in [0.25, 0.3) is 0 Å². The first-order valence-corrected chi connectivity index (χ1v) is 6.79. The number of urea groups is 1. The monoisotopic (exact) mass is 270 g/mol. The summed E-state index contributed by atoms with van der Waals surface area (Å²) in [5.74, 6) is -0.915. The zero-order chi connectivity index (χ0) is 14.3. The van der Waals surface area contributed by atoms with E-state index in [4.69, 9.17) is 5.11 Å². The number of imide groups is 1. The van der Waals surface area contributed by atoms with Crippen molar-refractivity contribution in [1.82, 2.24) is 10.6 Å². The molecule has 1 aliphatic carbocycles. The highest BCUT2D eigenvalue weighted by Crippen LogP contribution is 2.22. The largest absolute Gasteiger partial charge is 0.481 e. The highest BCUT2D eigenvalue weighted by atomic mass is 16.4. The zero-order valence-electron chi connectivity index (χ0n) is 11.3. The molecule has 6 heteroatoms. The first kappa shape index (κ1) is 15.5. The highest BCUT2D eigenvalue weighted by Gasteiger charge is 2.18. The van der Waals surface area contributed by atoms with Gasteiger partial charge in [0.2, 0.25) is 5.91 Å². The van der Waals surface area contributed by atoms with Crippen LogP contribution in [0.3, 0.4) is 0 Å². The highest BCUT2D eigenvalue weighted by molar-refractivity contribution is 5.95. The number of carbonyl (C=O) groups excluding carboxylic acids is 2. The third-order valence-electron chi connectivity index (χ3n) is 3.41. The molecule has 0 aliphatic heterocycles. The SMILES string of the molecule is CC1CCCC(NC(=O)NC(=O)CCC(=O)O)CC1. The summed E-state index contributed by atoms with van der Waals surface area (Å²) in [6.07, 6.45) is 4.76. The van der Waals surface area contributed by atoms with Crippen LogP contribution in [0.2, 0.25) is 0 Å². The van der Waals surface area contributed by atoms with Gasteiger partial charge in [0, 0.05) is 12.5 Å². The molecule has 2 unspecified atom stereocenters. The molecule has 2 atom stereocenters. The van der Waals surface area contributed by atoms with Crippen molar-refractivity contribution in [1.29, 1.82) is 0 Å². The van der Waals surface area contributed by atoms with Gasteiger partial charge in [0.15, 0.2) is 0 Å². The van der Waals surface area contributed by atoms with Gasteiger partial charge in [-0.05, 0) is 25.2 Å². The fourth-order valence-electron chi connectivity index (χ4n) is 2.26. The molecule has 0 spiro atoms. The second kappa shape index (κ2) is 7.76. The van der Waals surface area contributed by atoms with Crippen molar-refractivity contribution in [2.75, 3.05) is 0 Å². The summed E-state index contributed by atoms with van der Waals surface area (Å²) >= 11 is 0. The van der Waals surface area contributed by atoms with E-state index in [1.54, 1.807) is 0 Å². The van der Waals surface area contributed by atoms with E-state index in [0.29, 0.717) is 5.92 Å². The molecule has 3 amide bonds. The molecule has 1 rings (SSSR count). The molecule has 0 aromatic heterocycles. The number of hydrogen-bond acceptors (Lipinski definition) is 3. The van der Waals surface area contributed by atoms with Gasteiger partial charge in [-0.1, -0.05) is 19.8 Å². The van der Waals surface area contributed by atoms with Crippen LogP contribution in [0.15, 0.2) is 0 Å². The van der Waals surface area contributed by atoms with Crippen molar-refractivity contribution in [2.45, 2.75) is 57.9 Å². The van der Waals surface area contributed by atoms with Gasteiger partial charge < -0.3 is 10.4 Å². The summed E-state index contributed by atoms with van der Waals surface area (Å²) < 4.78 is 0. The number of nitrogens with one attached hydrogen (secondary N) is 2. The molecule has 0 heterocycles. The van der Waals surface area contributed by atoms with Crippen LogP contribution >= 0.6 is 0 Å². The maximum absolute atomic E-state index is 11.6. The van der Waals surface area contributed by atoms with Crippen molar-refractivity contribution >= 4 is 17.9 Å². The van der Waals surface area contributed by atoms with E-state index in [0.717, 1.165) is 25.7 Å². The maximum atomic E-state index is 11.6. The minimum Gasteiger partial charge on any atom is -0.481 e. The molecular weight excluding hydrogens is 248 g/mol. The Morgan fingerprint density at radius 2 is 1.84 bits per heavy atom. The topological polar surface area (TPSA) is 95.5 Å². The number of rotatable bonds is 4. The van der Waals surface area contributed by atoms with E-state index in [1.165, 1.54) is 6.42 Å². The first-order chi connectivity index (χ1) is 8.97. The maximum Gasteiger partial charge on any atom is 0.321 e. The summed E-state index contributed by atoms with van der Waals surface area (Å²) in [5.41, 5.74) is 0. The Morgan fingerprint density at radius 3 is 2.53 bits per heavy atom. The van der Waals surface area contributed by atoms with Crippen LogP contribution in [-0.4, -0.2) is 29.1 Å². The normalized spacial score (nSPS) is 23.2. The summed E-state index contributed by atoms with van der Waals surface area (Å²) in [5, 5.41) is 13.4. The number of amides is 3. The minimum atomic E-state index is -1.05. The second-order valence-corrected chi connectivity index (χ2v) is 5.23. The van der Waals surface area contributed by atoms with Crippen LogP contribution < -0.4 is 10.6 Å². The van der Waals surface area contributed by atoms with Crippen molar-refractivity contribution in [3.8, 4) is 0 Å². The number of hydrogen-bond donors (Lipinski definition) is 3. The zero-order valence-corrected chi connectivity index (χ0v) is 11.3. The van der Waals surface area contributed by atoms with Crippen LogP contribution in [-0.2, 0) is 9.59 Å². The van der Waals surface area contributed by atoms with Crippen molar-refractivity contribution < 1.29 is 19.5 Å². The Hall–Kier alpha value is -1.59. The smallest absolute Gasteiger partial charge is 0.321 e. The Labute approximate surface area is 112 Å². The molecule has 1 aliphatic rings. The van der Waals surface area contributed by atoms with E-state index >= 15 is 0 Å². The summed E-state index contributed by atoms with van der Waals surface area (Å²) in [4.78, 5) is 33.1. The van der Waals surface area contributed by atoms with Gasteiger partial charge in [-0.3, -0.25) is 14.9 Å². The molecule has 0 saturated heterocycles. The fraction of sp³-hybridized carbons (Fsp3) is 0.769. The molecule has 1 fully saturated rings. The third-order valence-corrected chi connectivity index (χ3v) is 3.41. The van der Waals surface area contributed by atoms with E-state index in [2.05, 4.69) is 17.6 Å². The molecule has 19 heavy (non-hydrogen) atoms. The summed E-state index contributed by atoms with van der Waals surface area (Å²) in [7, 11) is 0. The molecule has 0 bridgehead atoms. The van der Waals surface area contributed by atoms with Gasteiger partial charge in [0.05, 0.1) is 6.42 Å². The lowest BCUT2D eigenvalue weighted by Crippen LogP contribution is -2.44. The lowest BCUT2D eigenvalue weighted by atomic mass is 10.0. The number of carboxylic acids is 1. The average Bonchev–Trinajstić information content (AvgIpc) is 2.52. The molecular formula is C13H22N2O4. The van der Waals surface area contributed by atoms with E-state index in [1.807, 2.05) is 0 Å². The van der Waals surface area contributed by atoms with Crippen molar-refractivity contribution in [3.05, 3.63) is 0 Å². The lowest BCUT2D eigenvalue weighted by Gasteiger charge is -2.16. The predicted molar refractivity (Wildman–Crippen MR) is 69.6 cm³/mol. The molecule has 108 valence electrons. The van der Waals surface area contributed by atoms with Crippen molar-refractivity contribution in [3.63, 3.8) is 0 Å². The number of aliphatic carboxylic acids is 1. The Kier molecular flexibility index (Phi) is 6.32. The van der Waals surface area contributed by atoms with Gasteiger partial charge in [-0.25, -0.2) is 4.79 Å². The average molecular weight is 270 g/mol. The van der Waals surface area contributed by atoms with Crippen LogP contribution in [0.5, 0.6) is 0 Å². The van der Waals surface area contributed by atoms with Crippen molar-refractivity contribution in [2.24, 2.45) is 5.92 Å².